The van der Waals surface area contributed by atoms with E-state index < -0.39 is 0 Å². The Morgan fingerprint density at radius 3 is 2.60 bits per heavy atom. The molecule has 0 aliphatic rings. The van der Waals surface area contributed by atoms with Gasteiger partial charge in [0, 0.05) is 20.1 Å². The molecule has 1 rings (SSSR count). The van der Waals surface area contributed by atoms with E-state index in [1.54, 1.807) is 0 Å². The van der Waals surface area contributed by atoms with E-state index in [2.05, 4.69) is 15.3 Å². The van der Waals surface area contributed by atoms with Crippen LogP contribution >= 0.6 is 23.1 Å². The van der Waals surface area contributed by atoms with Gasteiger partial charge in [-0.05, 0) is 25.6 Å². The maximum absolute atomic E-state index is 8.91. The minimum absolute atomic E-state index is 0.300. The van der Waals surface area contributed by atoms with Crippen LogP contribution in [0, 0.1) is 11.3 Å². The molecule has 0 saturated heterocycles. The summed E-state index contributed by atoms with van der Waals surface area (Å²) in [5, 5.41) is 10.0. The predicted octanol–water partition coefficient (Wildman–Crippen LogP) is 1.67. The second kappa shape index (κ2) is 5.31. The molecular weight excluding hydrogens is 232 g/mol. The molecule has 4 nitrogen and oxygen atoms in total. The lowest BCUT2D eigenvalue weighted by molar-refractivity contribution is 0.417. The number of likely N-dealkylation sites (N-methyl/N-ethyl adjacent to an activating group) is 2. The van der Waals surface area contributed by atoms with Crippen LogP contribution in [0.15, 0.2) is 0 Å². The Hall–Kier alpha value is -0.830. The largest absolute Gasteiger partial charge is 0.363 e. The van der Waals surface area contributed by atoms with Gasteiger partial charge in [0.2, 0.25) is 0 Å². The number of hydrogen-bond donors (Lipinski definition) is 0. The third kappa shape index (κ3) is 3.06. The Labute approximate surface area is 98.8 Å². The zero-order valence-corrected chi connectivity index (χ0v) is 10.6. The van der Waals surface area contributed by atoms with E-state index in [-0.39, 0.29) is 0 Å². The maximum Gasteiger partial charge on any atom is 0.162 e. The van der Waals surface area contributed by atoms with E-state index in [4.69, 9.17) is 16.9 Å². The van der Waals surface area contributed by atoms with Gasteiger partial charge >= 0.3 is 0 Å². The smallest absolute Gasteiger partial charge is 0.162 e. The molecule has 1 aromatic heterocycles. The topological polar surface area (TPSA) is 43.2 Å². The van der Waals surface area contributed by atoms with Gasteiger partial charge in [-0.1, -0.05) is 11.6 Å². The van der Waals surface area contributed by atoms with Crippen molar-refractivity contribution in [1.29, 1.82) is 5.26 Å². The van der Waals surface area contributed by atoms with Crippen molar-refractivity contribution >= 4 is 28.1 Å². The van der Waals surface area contributed by atoms with Crippen molar-refractivity contribution in [2.24, 2.45) is 0 Å². The lowest BCUT2D eigenvalue weighted by Gasteiger charge is -2.19. The highest BCUT2D eigenvalue weighted by atomic mass is 35.5. The van der Waals surface area contributed by atoms with Crippen LogP contribution in [0.3, 0.4) is 0 Å². The highest BCUT2D eigenvalue weighted by Gasteiger charge is 2.15. The number of hydrogen-bond acceptors (Lipinski definition) is 5. The molecule has 0 aromatic carbocycles. The molecule has 0 fully saturated rings. The molecule has 0 atom stereocenters. The third-order valence-corrected chi connectivity index (χ3v) is 3.31. The van der Waals surface area contributed by atoms with Crippen LogP contribution in [0.25, 0.3) is 0 Å². The van der Waals surface area contributed by atoms with Crippen LogP contribution in [-0.4, -0.2) is 43.5 Å². The van der Waals surface area contributed by atoms with E-state index in [1.807, 2.05) is 26.0 Å². The van der Waals surface area contributed by atoms with Gasteiger partial charge in [-0.2, -0.15) is 9.64 Å². The minimum Gasteiger partial charge on any atom is -0.363 e. The predicted molar refractivity (Wildman–Crippen MR) is 63.7 cm³/mol. The Balaban J connectivity index is 2.74. The van der Waals surface area contributed by atoms with E-state index in [0.717, 1.165) is 18.1 Å². The molecule has 0 aliphatic carbocycles. The average molecular weight is 245 g/mol. The van der Waals surface area contributed by atoms with Crippen molar-refractivity contribution in [1.82, 2.24) is 9.27 Å². The Bertz CT molecular complexity index is 369. The molecule has 0 aliphatic heterocycles. The molecule has 15 heavy (non-hydrogen) atoms. The van der Waals surface area contributed by atoms with E-state index in [0.29, 0.717) is 10.7 Å². The van der Waals surface area contributed by atoms with Gasteiger partial charge in [-0.25, -0.2) is 0 Å². The molecule has 0 radical (unpaired) electrons. The number of aromatic nitrogens is 1. The molecule has 1 aromatic rings. The van der Waals surface area contributed by atoms with E-state index in [1.165, 1.54) is 11.5 Å². The lowest BCUT2D eigenvalue weighted by Crippen LogP contribution is -2.28. The number of nitrogens with zero attached hydrogens (tertiary/aromatic N) is 4. The summed E-state index contributed by atoms with van der Waals surface area (Å²) in [5.41, 5.74) is 0.475. The second-order valence-electron chi connectivity index (χ2n) is 3.49. The summed E-state index contributed by atoms with van der Waals surface area (Å²) in [5.74, 6) is 0. The molecule has 82 valence electrons. The first-order chi connectivity index (χ1) is 7.06. The average Bonchev–Trinajstić information content (AvgIpc) is 2.55. The van der Waals surface area contributed by atoms with Gasteiger partial charge in [0.05, 0.1) is 0 Å². The van der Waals surface area contributed by atoms with Crippen molar-refractivity contribution in [2.45, 2.75) is 0 Å². The standard InChI is InChI=1S/C9H13ClN4S/c1-13(2)4-5-14(3)9-7(6-11)8(10)12-15-9/h4-5H2,1-3H3. The van der Waals surface area contributed by atoms with Gasteiger partial charge in [0.25, 0.3) is 0 Å². The van der Waals surface area contributed by atoms with Crippen molar-refractivity contribution in [3.05, 3.63) is 10.7 Å². The molecule has 0 saturated carbocycles. The van der Waals surface area contributed by atoms with E-state index >= 15 is 0 Å². The molecule has 0 N–H and O–H groups in total. The number of halogens is 1. The van der Waals surface area contributed by atoms with Crippen LogP contribution < -0.4 is 4.90 Å². The van der Waals surface area contributed by atoms with Crippen LogP contribution in [0.5, 0.6) is 0 Å². The fourth-order valence-electron chi connectivity index (χ4n) is 1.07. The SMILES string of the molecule is CN(C)CCN(C)c1snc(Cl)c1C#N. The lowest BCUT2D eigenvalue weighted by atomic mass is 10.3. The minimum atomic E-state index is 0.300. The van der Waals surface area contributed by atoms with Crippen LogP contribution in [-0.2, 0) is 0 Å². The first kappa shape index (κ1) is 12.2. The fraction of sp³-hybridized carbons (Fsp3) is 0.556. The van der Waals surface area contributed by atoms with E-state index in [9.17, 15) is 0 Å². The summed E-state index contributed by atoms with van der Waals surface area (Å²) in [7, 11) is 5.96. The first-order valence-corrected chi connectivity index (χ1v) is 5.62. The number of anilines is 1. The Kier molecular flexibility index (Phi) is 4.33. The third-order valence-electron chi connectivity index (χ3n) is 1.97. The molecule has 0 amide bonds. The highest BCUT2D eigenvalue weighted by molar-refractivity contribution is 7.10. The van der Waals surface area contributed by atoms with Crippen molar-refractivity contribution < 1.29 is 0 Å². The molecule has 6 heteroatoms. The van der Waals surface area contributed by atoms with Crippen LogP contribution in [0.4, 0.5) is 5.00 Å². The summed E-state index contributed by atoms with van der Waals surface area (Å²) in [6.45, 7) is 1.77. The zero-order valence-electron chi connectivity index (χ0n) is 8.99. The Morgan fingerprint density at radius 1 is 1.40 bits per heavy atom. The first-order valence-electron chi connectivity index (χ1n) is 4.47. The van der Waals surface area contributed by atoms with Crippen molar-refractivity contribution in [2.75, 3.05) is 39.1 Å². The summed E-state index contributed by atoms with van der Waals surface area (Å²) in [6.07, 6.45) is 0. The van der Waals surface area contributed by atoms with Gasteiger partial charge < -0.3 is 9.80 Å². The molecule has 0 unspecified atom stereocenters. The second-order valence-corrected chi connectivity index (χ2v) is 4.60. The van der Waals surface area contributed by atoms with Crippen molar-refractivity contribution in [3.8, 4) is 6.07 Å². The number of rotatable bonds is 4. The Morgan fingerprint density at radius 2 is 2.07 bits per heavy atom. The summed E-state index contributed by atoms with van der Waals surface area (Å²) >= 11 is 7.06. The fourth-order valence-corrected chi connectivity index (χ4v) is 2.08. The molecule has 0 spiro atoms. The monoisotopic (exact) mass is 244 g/mol. The van der Waals surface area contributed by atoms with Crippen LogP contribution in [0.1, 0.15) is 5.56 Å². The zero-order chi connectivity index (χ0) is 11.4. The molecule has 1 heterocycles. The quantitative estimate of drug-likeness (QED) is 0.808. The highest BCUT2D eigenvalue weighted by Crippen LogP contribution is 2.29. The normalized spacial score (nSPS) is 10.4. The summed E-state index contributed by atoms with van der Waals surface area (Å²) < 4.78 is 3.96. The maximum atomic E-state index is 8.91. The number of nitriles is 1. The van der Waals surface area contributed by atoms with Crippen LogP contribution in [0.2, 0.25) is 5.15 Å². The van der Waals surface area contributed by atoms with Gasteiger partial charge in [-0.15, -0.1) is 0 Å². The molecule has 0 bridgehead atoms. The van der Waals surface area contributed by atoms with Crippen molar-refractivity contribution in [3.63, 3.8) is 0 Å². The van der Waals surface area contributed by atoms with Gasteiger partial charge in [0.1, 0.15) is 16.6 Å². The summed E-state index contributed by atoms with van der Waals surface area (Å²) in [6, 6.07) is 2.07. The van der Waals surface area contributed by atoms with Gasteiger partial charge in [0.15, 0.2) is 5.15 Å². The molecular formula is C9H13ClN4S. The summed E-state index contributed by atoms with van der Waals surface area (Å²) in [4.78, 5) is 4.09. The van der Waals surface area contributed by atoms with Gasteiger partial charge in [-0.3, -0.25) is 0 Å².